The van der Waals surface area contributed by atoms with Crippen LogP contribution in [0.1, 0.15) is 51.3 Å². The van der Waals surface area contributed by atoms with Crippen LogP contribution in [0.15, 0.2) is 6.07 Å². The van der Waals surface area contributed by atoms with E-state index in [2.05, 4.69) is 13.8 Å². The van der Waals surface area contributed by atoms with Gasteiger partial charge in [-0.3, -0.25) is 0 Å². The molecule has 3 nitrogen and oxygen atoms in total. The first-order valence-electron chi connectivity index (χ1n) is 6.80. The van der Waals surface area contributed by atoms with Crippen molar-refractivity contribution in [2.75, 3.05) is 13.2 Å². The van der Waals surface area contributed by atoms with Crippen molar-refractivity contribution in [2.45, 2.75) is 45.6 Å². The Bertz CT molecular complexity index is 486. The molecular weight excluding hydrogens is 262 g/mol. The van der Waals surface area contributed by atoms with E-state index < -0.39 is 0 Å². The van der Waals surface area contributed by atoms with Crippen molar-refractivity contribution < 1.29 is 9.47 Å². The standard InChI is InChI=1S/C15H22ClNO2/c1-5-18-11-7-9(16)13-12(14(11)19-6-2)10(17)8-15(13,3)4/h7,10H,5-6,8,17H2,1-4H3/t10-/m0/s1. The molecule has 2 rings (SSSR count). The number of nitrogens with two attached hydrogens (primary N) is 1. The highest BCUT2D eigenvalue weighted by Crippen LogP contribution is 2.53. The Kier molecular flexibility index (Phi) is 3.98. The van der Waals surface area contributed by atoms with Crippen LogP contribution in [-0.2, 0) is 5.41 Å². The van der Waals surface area contributed by atoms with Crippen molar-refractivity contribution in [1.29, 1.82) is 0 Å². The van der Waals surface area contributed by atoms with E-state index in [1.165, 1.54) is 0 Å². The number of hydrogen-bond donors (Lipinski definition) is 1. The van der Waals surface area contributed by atoms with Gasteiger partial charge in [0.1, 0.15) is 0 Å². The fourth-order valence-corrected chi connectivity index (χ4v) is 3.44. The predicted octanol–water partition coefficient (Wildman–Crippen LogP) is 3.82. The number of benzene rings is 1. The minimum absolute atomic E-state index is 0.0254. The molecule has 2 N–H and O–H groups in total. The van der Waals surface area contributed by atoms with Gasteiger partial charge >= 0.3 is 0 Å². The second-order valence-electron chi connectivity index (χ2n) is 5.53. The van der Waals surface area contributed by atoms with Crippen LogP contribution in [-0.4, -0.2) is 13.2 Å². The SMILES string of the molecule is CCOc1cc(Cl)c2c(c1OCC)[C@@H](N)CC2(C)C. The van der Waals surface area contributed by atoms with E-state index in [0.717, 1.165) is 28.3 Å². The molecule has 0 saturated heterocycles. The highest BCUT2D eigenvalue weighted by atomic mass is 35.5. The lowest BCUT2D eigenvalue weighted by molar-refractivity contribution is 0.284. The van der Waals surface area contributed by atoms with Gasteiger partial charge in [-0.15, -0.1) is 0 Å². The molecule has 0 aliphatic heterocycles. The summed E-state index contributed by atoms with van der Waals surface area (Å²) < 4.78 is 11.4. The molecule has 19 heavy (non-hydrogen) atoms. The predicted molar refractivity (Wildman–Crippen MR) is 78.4 cm³/mol. The number of halogens is 1. The summed E-state index contributed by atoms with van der Waals surface area (Å²) in [6, 6.07) is 1.80. The zero-order valence-electron chi connectivity index (χ0n) is 12.0. The van der Waals surface area contributed by atoms with E-state index in [1.807, 2.05) is 19.9 Å². The van der Waals surface area contributed by atoms with Crippen molar-refractivity contribution in [3.8, 4) is 11.5 Å². The minimum atomic E-state index is -0.0514. The van der Waals surface area contributed by atoms with Gasteiger partial charge < -0.3 is 15.2 Å². The summed E-state index contributed by atoms with van der Waals surface area (Å²) in [6.45, 7) is 9.40. The Morgan fingerprint density at radius 1 is 1.32 bits per heavy atom. The first-order chi connectivity index (χ1) is 8.92. The molecular formula is C15H22ClNO2. The van der Waals surface area contributed by atoms with Crippen LogP contribution >= 0.6 is 11.6 Å². The highest BCUT2D eigenvalue weighted by Gasteiger charge is 2.40. The smallest absolute Gasteiger partial charge is 0.166 e. The van der Waals surface area contributed by atoms with Gasteiger partial charge in [0.2, 0.25) is 0 Å². The lowest BCUT2D eigenvalue weighted by Gasteiger charge is -2.22. The van der Waals surface area contributed by atoms with Crippen LogP contribution < -0.4 is 15.2 Å². The number of fused-ring (bicyclic) bond motifs is 1. The monoisotopic (exact) mass is 283 g/mol. The molecule has 106 valence electrons. The van der Waals surface area contributed by atoms with Gasteiger partial charge in [0.25, 0.3) is 0 Å². The fraction of sp³-hybridized carbons (Fsp3) is 0.600. The number of ether oxygens (including phenoxy) is 2. The van der Waals surface area contributed by atoms with Crippen LogP contribution in [0.3, 0.4) is 0 Å². The maximum absolute atomic E-state index is 6.44. The third kappa shape index (κ3) is 2.41. The van der Waals surface area contributed by atoms with Crippen LogP contribution in [0.5, 0.6) is 11.5 Å². The van der Waals surface area contributed by atoms with Gasteiger partial charge in [-0.1, -0.05) is 25.4 Å². The summed E-state index contributed by atoms with van der Waals surface area (Å²) in [5, 5.41) is 0.722. The Morgan fingerprint density at radius 2 is 1.95 bits per heavy atom. The first kappa shape index (κ1) is 14.5. The topological polar surface area (TPSA) is 44.5 Å². The van der Waals surface area contributed by atoms with E-state index in [4.69, 9.17) is 26.8 Å². The van der Waals surface area contributed by atoms with E-state index in [1.54, 1.807) is 0 Å². The van der Waals surface area contributed by atoms with Crippen LogP contribution in [0, 0.1) is 0 Å². The van der Waals surface area contributed by atoms with Gasteiger partial charge in [-0.05, 0) is 31.2 Å². The molecule has 1 atom stereocenters. The quantitative estimate of drug-likeness (QED) is 0.914. The van der Waals surface area contributed by atoms with Crippen LogP contribution in [0.25, 0.3) is 0 Å². The van der Waals surface area contributed by atoms with E-state index >= 15 is 0 Å². The molecule has 1 aliphatic carbocycles. The molecule has 0 heterocycles. The van der Waals surface area contributed by atoms with Gasteiger partial charge in [-0.25, -0.2) is 0 Å². The molecule has 0 spiro atoms. The van der Waals surface area contributed by atoms with E-state index in [9.17, 15) is 0 Å². The molecule has 0 amide bonds. The molecule has 1 aromatic rings. The van der Waals surface area contributed by atoms with E-state index in [-0.39, 0.29) is 11.5 Å². The third-order valence-corrected chi connectivity index (χ3v) is 3.90. The zero-order valence-corrected chi connectivity index (χ0v) is 12.8. The van der Waals surface area contributed by atoms with Crippen molar-refractivity contribution in [1.82, 2.24) is 0 Å². The van der Waals surface area contributed by atoms with Crippen molar-refractivity contribution in [3.05, 3.63) is 22.2 Å². The molecule has 0 aromatic heterocycles. The molecule has 0 fully saturated rings. The minimum Gasteiger partial charge on any atom is -0.490 e. The number of hydrogen-bond acceptors (Lipinski definition) is 3. The summed E-state index contributed by atoms with van der Waals surface area (Å²) >= 11 is 6.44. The molecule has 4 heteroatoms. The maximum atomic E-state index is 6.44. The summed E-state index contributed by atoms with van der Waals surface area (Å²) in [5.41, 5.74) is 8.39. The summed E-state index contributed by atoms with van der Waals surface area (Å²) in [4.78, 5) is 0. The second kappa shape index (κ2) is 5.22. The normalized spacial score (nSPS) is 20.2. The fourth-order valence-electron chi connectivity index (χ4n) is 2.98. The lowest BCUT2D eigenvalue weighted by Crippen LogP contribution is -2.14. The van der Waals surface area contributed by atoms with Crippen molar-refractivity contribution in [2.24, 2.45) is 5.73 Å². The highest BCUT2D eigenvalue weighted by molar-refractivity contribution is 6.32. The second-order valence-corrected chi connectivity index (χ2v) is 5.94. The summed E-state index contributed by atoms with van der Waals surface area (Å²) in [5.74, 6) is 1.46. The zero-order chi connectivity index (χ0) is 14.2. The Hall–Kier alpha value is -0.930. The van der Waals surface area contributed by atoms with Gasteiger partial charge in [-0.2, -0.15) is 0 Å². The van der Waals surface area contributed by atoms with Crippen LogP contribution in [0.2, 0.25) is 5.02 Å². The summed E-state index contributed by atoms with van der Waals surface area (Å²) in [6.07, 6.45) is 0.873. The van der Waals surface area contributed by atoms with Gasteiger partial charge in [0, 0.05) is 22.7 Å². The third-order valence-electron chi connectivity index (χ3n) is 3.60. The average Bonchev–Trinajstić information content (AvgIpc) is 2.55. The maximum Gasteiger partial charge on any atom is 0.166 e. The molecule has 1 aliphatic rings. The van der Waals surface area contributed by atoms with Gasteiger partial charge in [0.05, 0.1) is 13.2 Å². The largest absolute Gasteiger partial charge is 0.490 e. The van der Waals surface area contributed by atoms with E-state index in [0.29, 0.717) is 19.0 Å². The first-order valence-corrected chi connectivity index (χ1v) is 7.18. The van der Waals surface area contributed by atoms with Gasteiger partial charge in [0.15, 0.2) is 11.5 Å². The lowest BCUT2D eigenvalue weighted by atomic mass is 9.86. The molecule has 0 saturated carbocycles. The Morgan fingerprint density at radius 3 is 2.53 bits per heavy atom. The number of rotatable bonds is 4. The van der Waals surface area contributed by atoms with Crippen molar-refractivity contribution in [3.63, 3.8) is 0 Å². The molecule has 0 bridgehead atoms. The Balaban J connectivity index is 2.66. The molecule has 0 radical (unpaired) electrons. The van der Waals surface area contributed by atoms with Crippen LogP contribution in [0.4, 0.5) is 0 Å². The summed E-state index contributed by atoms with van der Waals surface area (Å²) in [7, 11) is 0. The average molecular weight is 284 g/mol. The molecule has 0 unspecified atom stereocenters. The molecule has 1 aromatic carbocycles. The Labute approximate surface area is 120 Å². The van der Waals surface area contributed by atoms with Crippen molar-refractivity contribution >= 4 is 11.6 Å².